The molecule has 0 fully saturated rings. The first-order valence-electron chi connectivity index (χ1n) is 6.99. The van der Waals surface area contributed by atoms with Crippen LogP contribution in [0.15, 0.2) is 0 Å². The summed E-state index contributed by atoms with van der Waals surface area (Å²) in [7, 11) is -4.53. The number of carbonyl (C=O) groups is 1. The molecule has 1 aliphatic heterocycles. The quantitative estimate of drug-likeness (QED) is 0.594. The third kappa shape index (κ3) is 3.14. The molecule has 24 heavy (non-hydrogen) atoms. The molecule has 12 heteroatoms. The minimum Gasteiger partial charge on any atom is -0.450 e. The Bertz CT molecular complexity index is 744. The Kier molecular flexibility index (Phi) is 4.70. The number of hydrogen-bond donors (Lipinski definition) is 0. The summed E-state index contributed by atoms with van der Waals surface area (Å²) in [6.45, 7) is 3.58. The number of nitrogens with zero attached hydrogens (tertiary/aromatic N) is 3. The van der Waals surface area contributed by atoms with Crippen LogP contribution in [0, 0.1) is 0 Å². The molecule has 0 aliphatic carbocycles. The summed E-state index contributed by atoms with van der Waals surface area (Å²) in [6.07, 6.45) is -0.485. The highest BCUT2D eigenvalue weighted by Crippen LogP contribution is 2.36. The van der Waals surface area contributed by atoms with E-state index in [9.17, 15) is 26.4 Å². The summed E-state index contributed by atoms with van der Waals surface area (Å²) in [6, 6.07) is -0.593. The molecule has 0 N–H and O–H groups in total. The van der Waals surface area contributed by atoms with Crippen LogP contribution >= 0.6 is 0 Å². The van der Waals surface area contributed by atoms with Gasteiger partial charge in [0, 0.05) is 19.2 Å². The highest BCUT2D eigenvalue weighted by Gasteiger charge is 2.50. The van der Waals surface area contributed by atoms with Crippen molar-refractivity contribution in [3.8, 4) is 5.88 Å². The molecular weight excluding hydrogens is 355 g/mol. The van der Waals surface area contributed by atoms with E-state index in [4.69, 9.17) is 4.74 Å². The maximum absolute atomic E-state index is 12.5. The number of fused-ring (bicyclic) bond motifs is 1. The molecule has 0 aromatic carbocycles. The Labute approximate surface area is 136 Å². The van der Waals surface area contributed by atoms with Gasteiger partial charge in [-0.3, -0.25) is 4.90 Å². The number of carbonyl (C=O) groups excluding carboxylic acids is 1. The molecule has 0 unspecified atom stereocenters. The van der Waals surface area contributed by atoms with Gasteiger partial charge in [-0.1, -0.05) is 0 Å². The molecule has 0 radical (unpaired) electrons. The maximum Gasteiger partial charge on any atom is 0.534 e. The predicted octanol–water partition coefficient (Wildman–Crippen LogP) is 1.72. The van der Waals surface area contributed by atoms with Gasteiger partial charge in [0.2, 0.25) is 5.88 Å². The molecule has 136 valence electrons. The van der Waals surface area contributed by atoms with Gasteiger partial charge in [-0.2, -0.15) is 26.7 Å². The molecule has 0 bridgehead atoms. The van der Waals surface area contributed by atoms with Crippen LogP contribution in [-0.4, -0.2) is 47.9 Å². The standard InChI is InChI=1S/C12H16F3N3O5S/c1-4-22-11(19)18-6-5-8-9(7(18)2)16-17(3)10(8)23-24(20,21)12(13,14)15/h7H,4-6H2,1-3H3/t7-/m0/s1. The summed E-state index contributed by atoms with van der Waals surface area (Å²) >= 11 is 0. The monoisotopic (exact) mass is 371 g/mol. The second kappa shape index (κ2) is 6.15. The molecule has 1 aromatic rings. The molecule has 1 aliphatic rings. The Balaban J connectivity index is 2.36. The van der Waals surface area contributed by atoms with Crippen LogP contribution in [0.1, 0.15) is 31.1 Å². The predicted molar refractivity (Wildman–Crippen MR) is 74.7 cm³/mol. The van der Waals surface area contributed by atoms with Crippen LogP contribution < -0.4 is 4.18 Å². The Morgan fingerprint density at radius 3 is 2.58 bits per heavy atom. The minimum atomic E-state index is -5.80. The fourth-order valence-corrected chi connectivity index (χ4v) is 2.94. The zero-order chi connectivity index (χ0) is 18.3. The van der Waals surface area contributed by atoms with Gasteiger partial charge >= 0.3 is 21.7 Å². The Morgan fingerprint density at radius 2 is 2.04 bits per heavy atom. The average molecular weight is 371 g/mol. The van der Waals surface area contributed by atoms with E-state index in [1.807, 2.05) is 0 Å². The van der Waals surface area contributed by atoms with Gasteiger partial charge < -0.3 is 8.92 Å². The van der Waals surface area contributed by atoms with Crippen molar-refractivity contribution in [1.82, 2.24) is 14.7 Å². The van der Waals surface area contributed by atoms with Crippen molar-refractivity contribution in [2.75, 3.05) is 13.2 Å². The summed E-state index contributed by atoms with van der Waals surface area (Å²) in [5, 5.41) is 4.00. The van der Waals surface area contributed by atoms with Gasteiger partial charge in [0.25, 0.3) is 0 Å². The van der Waals surface area contributed by atoms with Gasteiger partial charge in [0.05, 0.1) is 18.3 Å². The highest BCUT2D eigenvalue weighted by molar-refractivity contribution is 7.87. The number of alkyl halides is 3. The van der Waals surface area contributed by atoms with Crippen LogP contribution in [0.5, 0.6) is 5.88 Å². The Morgan fingerprint density at radius 1 is 1.42 bits per heavy atom. The lowest BCUT2D eigenvalue weighted by Crippen LogP contribution is -2.39. The molecular formula is C12H16F3N3O5S. The molecule has 0 saturated heterocycles. The summed E-state index contributed by atoms with van der Waals surface area (Å²) in [5.41, 5.74) is -5.05. The number of aromatic nitrogens is 2. The smallest absolute Gasteiger partial charge is 0.450 e. The first-order chi connectivity index (χ1) is 11.0. The van der Waals surface area contributed by atoms with Crippen molar-refractivity contribution in [1.29, 1.82) is 0 Å². The van der Waals surface area contributed by atoms with E-state index in [1.165, 1.54) is 11.9 Å². The van der Waals surface area contributed by atoms with E-state index in [2.05, 4.69) is 9.28 Å². The van der Waals surface area contributed by atoms with Crippen LogP contribution in [0.2, 0.25) is 0 Å². The Hall–Kier alpha value is -1.98. The topological polar surface area (TPSA) is 90.7 Å². The number of aryl methyl sites for hydroxylation is 1. The van der Waals surface area contributed by atoms with Crippen molar-refractivity contribution in [2.24, 2.45) is 7.05 Å². The van der Waals surface area contributed by atoms with Gasteiger partial charge in [0.15, 0.2) is 0 Å². The van der Waals surface area contributed by atoms with E-state index in [1.54, 1.807) is 13.8 Å². The SMILES string of the molecule is CCOC(=O)N1CCc2c(nn(C)c2OS(=O)(=O)C(F)(F)F)[C@@H]1C. The van der Waals surface area contributed by atoms with E-state index in [-0.39, 0.29) is 30.8 Å². The van der Waals surface area contributed by atoms with E-state index >= 15 is 0 Å². The first kappa shape index (κ1) is 18.4. The van der Waals surface area contributed by atoms with Crippen LogP contribution in [0.4, 0.5) is 18.0 Å². The van der Waals surface area contributed by atoms with E-state index < -0.39 is 33.6 Å². The fraction of sp³-hybridized carbons (Fsp3) is 0.667. The minimum absolute atomic E-state index is 0.0923. The van der Waals surface area contributed by atoms with Gasteiger partial charge in [-0.05, 0) is 20.3 Å². The molecule has 2 heterocycles. The van der Waals surface area contributed by atoms with Crippen LogP contribution in [-0.2, 0) is 28.3 Å². The van der Waals surface area contributed by atoms with Crippen molar-refractivity contribution in [3.63, 3.8) is 0 Å². The molecule has 8 nitrogen and oxygen atoms in total. The average Bonchev–Trinajstić information content (AvgIpc) is 2.75. The lowest BCUT2D eigenvalue weighted by atomic mass is 10.0. The molecule has 0 spiro atoms. The molecule has 1 atom stereocenters. The first-order valence-corrected chi connectivity index (χ1v) is 8.40. The molecule has 0 saturated carbocycles. The maximum atomic E-state index is 12.5. The zero-order valence-electron chi connectivity index (χ0n) is 13.1. The van der Waals surface area contributed by atoms with Gasteiger partial charge in [-0.15, -0.1) is 0 Å². The molecule has 1 aromatic heterocycles. The third-order valence-electron chi connectivity index (χ3n) is 3.56. The largest absolute Gasteiger partial charge is 0.534 e. The summed E-state index contributed by atoms with van der Waals surface area (Å²) in [4.78, 5) is 13.2. The second-order valence-corrected chi connectivity index (χ2v) is 6.63. The van der Waals surface area contributed by atoms with Crippen molar-refractivity contribution >= 4 is 16.2 Å². The van der Waals surface area contributed by atoms with Crippen molar-refractivity contribution < 1.29 is 35.3 Å². The van der Waals surface area contributed by atoms with E-state index in [0.29, 0.717) is 0 Å². The molecule has 2 rings (SSSR count). The zero-order valence-corrected chi connectivity index (χ0v) is 13.9. The number of amides is 1. The summed E-state index contributed by atoms with van der Waals surface area (Å²) in [5.74, 6) is -0.502. The van der Waals surface area contributed by atoms with Crippen molar-refractivity contribution in [3.05, 3.63) is 11.3 Å². The van der Waals surface area contributed by atoms with Crippen molar-refractivity contribution in [2.45, 2.75) is 31.8 Å². The second-order valence-electron chi connectivity index (χ2n) is 5.09. The number of hydrogen-bond acceptors (Lipinski definition) is 6. The lowest BCUT2D eigenvalue weighted by molar-refractivity contribution is -0.0502. The van der Waals surface area contributed by atoms with E-state index in [0.717, 1.165) is 4.68 Å². The number of rotatable bonds is 3. The number of halogens is 3. The third-order valence-corrected chi connectivity index (χ3v) is 4.50. The lowest BCUT2D eigenvalue weighted by Gasteiger charge is -2.31. The molecule has 1 amide bonds. The van der Waals surface area contributed by atoms with Gasteiger partial charge in [-0.25, -0.2) is 9.48 Å². The number of ether oxygens (including phenoxy) is 1. The summed E-state index contributed by atoms with van der Waals surface area (Å²) < 4.78 is 70.0. The fourth-order valence-electron chi connectivity index (χ4n) is 2.43. The highest BCUT2D eigenvalue weighted by atomic mass is 32.2. The van der Waals surface area contributed by atoms with Crippen LogP contribution in [0.3, 0.4) is 0 Å². The normalized spacial score (nSPS) is 18.2. The van der Waals surface area contributed by atoms with Gasteiger partial charge in [0.1, 0.15) is 0 Å². The van der Waals surface area contributed by atoms with Crippen LogP contribution in [0.25, 0.3) is 0 Å².